The molecule has 1 aromatic carbocycles. The highest BCUT2D eigenvalue weighted by atomic mass is 16.6. The first-order valence-electron chi connectivity index (χ1n) is 7.35. The average molecular weight is 292 g/mol. The molecule has 2 atom stereocenters. The Hall–Kier alpha value is -1.66. The van der Waals surface area contributed by atoms with Crippen LogP contribution in [0.1, 0.15) is 24.8 Å². The molecule has 0 bridgehead atoms. The fourth-order valence-corrected chi connectivity index (χ4v) is 2.96. The molecule has 1 saturated carbocycles. The number of rotatable bonds is 6. The molecule has 0 aromatic heterocycles. The third-order valence-corrected chi connectivity index (χ3v) is 4.23. The van der Waals surface area contributed by atoms with Crippen LogP contribution in [-0.2, 0) is 11.3 Å². The van der Waals surface area contributed by atoms with Gasteiger partial charge in [0.05, 0.1) is 18.1 Å². The molecule has 114 valence electrons. The van der Waals surface area contributed by atoms with E-state index in [-0.39, 0.29) is 5.69 Å². The summed E-state index contributed by atoms with van der Waals surface area (Å²) in [5, 5.41) is 14.5. The lowest BCUT2D eigenvalue weighted by Crippen LogP contribution is -2.37. The Morgan fingerprint density at radius 3 is 2.90 bits per heavy atom. The van der Waals surface area contributed by atoms with Crippen molar-refractivity contribution in [1.82, 2.24) is 5.32 Å². The Bertz CT molecular complexity index is 530. The second kappa shape index (κ2) is 5.99. The molecule has 2 unspecified atom stereocenters. The van der Waals surface area contributed by atoms with Crippen LogP contribution >= 0.6 is 0 Å². The van der Waals surface area contributed by atoms with Gasteiger partial charge in [0.15, 0.2) is 5.75 Å². The van der Waals surface area contributed by atoms with Crippen molar-refractivity contribution in [2.24, 2.45) is 5.92 Å². The van der Waals surface area contributed by atoms with Gasteiger partial charge in [-0.3, -0.25) is 10.1 Å². The molecule has 3 rings (SSSR count). The zero-order valence-corrected chi connectivity index (χ0v) is 12.1. The Balaban J connectivity index is 1.64. The van der Waals surface area contributed by atoms with Gasteiger partial charge in [-0.05, 0) is 36.8 Å². The summed E-state index contributed by atoms with van der Waals surface area (Å²) in [6.07, 6.45) is 3.85. The van der Waals surface area contributed by atoms with Gasteiger partial charge in [0.2, 0.25) is 0 Å². The van der Waals surface area contributed by atoms with E-state index in [9.17, 15) is 10.1 Å². The normalized spacial score (nSPS) is 25.0. The quantitative estimate of drug-likeness (QED) is 0.643. The first-order valence-corrected chi connectivity index (χ1v) is 7.35. The molecule has 1 saturated heterocycles. The van der Waals surface area contributed by atoms with E-state index in [1.54, 1.807) is 12.1 Å². The van der Waals surface area contributed by atoms with Crippen LogP contribution in [0.25, 0.3) is 0 Å². The molecule has 1 aliphatic heterocycles. The second-order valence-corrected chi connectivity index (χ2v) is 5.71. The number of nitro benzene ring substituents is 1. The molecule has 1 heterocycles. The summed E-state index contributed by atoms with van der Waals surface area (Å²) < 4.78 is 10.8. The number of ether oxygens (including phenoxy) is 2. The van der Waals surface area contributed by atoms with Crippen LogP contribution < -0.4 is 10.1 Å². The van der Waals surface area contributed by atoms with Gasteiger partial charge >= 0.3 is 5.69 Å². The van der Waals surface area contributed by atoms with Crippen LogP contribution in [0.4, 0.5) is 5.69 Å². The smallest absolute Gasteiger partial charge is 0.311 e. The molecular formula is C15H20N2O4. The third-order valence-electron chi connectivity index (χ3n) is 4.23. The van der Waals surface area contributed by atoms with Gasteiger partial charge in [-0.2, -0.15) is 0 Å². The van der Waals surface area contributed by atoms with Gasteiger partial charge in [-0.25, -0.2) is 0 Å². The maximum atomic E-state index is 11.0. The molecule has 0 spiro atoms. The fraction of sp³-hybridized carbons (Fsp3) is 0.600. The summed E-state index contributed by atoms with van der Waals surface area (Å²) in [4.78, 5) is 10.6. The highest BCUT2D eigenvalue weighted by molar-refractivity contribution is 5.48. The van der Waals surface area contributed by atoms with Crippen molar-refractivity contribution in [3.05, 3.63) is 33.9 Å². The molecule has 0 radical (unpaired) electrons. The maximum Gasteiger partial charge on any atom is 0.311 e. The SMILES string of the molecule is COc1ccc(CNC2CCOC2C2CC2)cc1[N+](=O)[O-]. The van der Waals surface area contributed by atoms with Crippen LogP contribution in [0, 0.1) is 16.0 Å². The van der Waals surface area contributed by atoms with E-state index in [0.29, 0.717) is 30.4 Å². The highest BCUT2D eigenvalue weighted by Crippen LogP contribution is 2.38. The van der Waals surface area contributed by atoms with Crippen molar-refractivity contribution in [2.45, 2.75) is 38.0 Å². The van der Waals surface area contributed by atoms with E-state index >= 15 is 0 Å². The predicted octanol–water partition coefficient (Wildman–Crippen LogP) is 2.26. The third kappa shape index (κ3) is 3.16. The predicted molar refractivity (Wildman–Crippen MR) is 77.4 cm³/mol. The summed E-state index contributed by atoms with van der Waals surface area (Å²) in [7, 11) is 1.44. The molecule has 2 aliphatic rings. The molecule has 0 amide bonds. The Morgan fingerprint density at radius 1 is 1.43 bits per heavy atom. The van der Waals surface area contributed by atoms with Crippen molar-refractivity contribution in [3.63, 3.8) is 0 Å². The molecule has 6 nitrogen and oxygen atoms in total. The van der Waals surface area contributed by atoms with Gasteiger partial charge in [-0.15, -0.1) is 0 Å². The van der Waals surface area contributed by atoms with Crippen molar-refractivity contribution >= 4 is 5.69 Å². The summed E-state index contributed by atoms with van der Waals surface area (Å²) in [5.41, 5.74) is 0.905. The van der Waals surface area contributed by atoms with Gasteiger partial charge in [0.25, 0.3) is 0 Å². The van der Waals surface area contributed by atoms with Crippen molar-refractivity contribution in [3.8, 4) is 5.75 Å². The minimum absolute atomic E-state index is 0.0122. The first kappa shape index (κ1) is 14.3. The average Bonchev–Trinajstić information content (AvgIpc) is 3.23. The molecule has 6 heteroatoms. The topological polar surface area (TPSA) is 73.6 Å². The van der Waals surface area contributed by atoms with Crippen LogP contribution in [0.2, 0.25) is 0 Å². The number of hydrogen-bond donors (Lipinski definition) is 1. The number of nitrogens with zero attached hydrogens (tertiary/aromatic N) is 1. The minimum Gasteiger partial charge on any atom is -0.490 e. The minimum atomic E-state index is -0.409. The van der Waals surface area contributed by atoms with Crippen LogP contribution in [-0.4, -0.2) is 30.8 Å². The van der Waals surface area contributed by atoms with Gasteiger partial charge in [-0.1, -0.05) is 6.07 Å². The Morgan fingerprint density at radius 2 is 2.24 bits per heavy atom. The number of nitro groups is 1. The molecular weight excluding hydrogens is 272 g/mol. The monoisotopic (exact) mass is 292 g/mol. The molecule has 1 aliphatic carbocycles. The lowest BCUT2D eigenvalue weighted by molar-refractivity contribution is -0.385. The number of methoxy groups -OCH3 is 1. The zero-order chi connectivity index (χ0) is 14.8. The Labute approximate surface area is 123 Å². The van der Waals surface area contributed by atoms with E-state index in [2.05, 4.69) is 5.32 Å². The summed E-state index contributed by atoms with van der Waals surface area (Å²) >= 11 is 0. The van der Waals surface area contributed by atoms with E-state index in [1.807, 2.05) is 6.07 Å². The van der Waals surface area contributed by atoms with Crippen LogP contribution in [0.3, 0.4) is 0 Å². The summed E-state index contributed by atoms with van der Waals surface area (Å²) in [6, 6.07) is 5.45. The van der Waals surface area contributed by atoms with Gasteiger partial charge in [0, 0.05) is 25.3 Å². The highest BCUT2D eigenvalue weighted by Gasteiger charge is 2.40. The molecule has 1 aromatic rings. The molecule has 21 heavy (non-hydrogen) atoms. The van der Waals surface area contributed by atoms with E-state index in [0.717, 1.165) is 18.6 Å². The lowest BCUT2D eigenvalue weighted by atomic mass is 10.1. The molecule has 2 fully saturated rings. The van der Waals surface area contributed by atoms with E-state index < -0.39 is 4.92 Å². The van der Waals surface area contributed by atoms with Crippen molar-refractivity contribution in [2.75, 3.05) is 13.7 Å². The standard InChI is InChI=1S/C15H20N2O4/c1-20-14-5-2-10(8-13(14)17(18)19)9-16-12-6-7-21-15(12)11-3-4-11/h2,5,8,11-12,15-16H,3-4,6-7,9H2,1H3. The maximum absolute atomic E-state index is 11.0. The van der Waals surface area contributed by atoms with E-state index in [1.165, 1.54) is 20.0 Å². The Kier molecular flexibility index (Phi) is 4.07. The largest absolute Gasteiger partial charge is 0.490 e. The molecule has 1 N–H and O–H groups in total. The fourth-order valence-electron chi connectivity index (χ4n) is 2.96. The van der Waals surface area contributed by atoms with E-state index in [4.69, 9.17) is 9.47 Å². The van der Waals surface area contributed by atoms with Gasteiger partial charge in [0.1, 0.15) is 0 Å². The van der Waals surface area contributed by atoms with Crippen molar-refractivity contribution < 1.29 is 14.4 Å². The van der Waals surface area contributed by atoms with Crippen LogP contribution in [0.5, 0.6) is 5.75 Å². The van der Waals surface area contributed by atoms with Crippen molar-refractivity contribution in [1.29, 1.82) is 0 Å². The number of hydrogen-bond acceptors (Lipinski definition) is 5. The number of benzene rings is 1. The van der Waals surface area contributed by atoms with Gasteiger partial charge < -0.3 is 14.8 Å². The number of nitrogens with one attached hydrogen (secondary N) is 1. The summed E-state index contributed by atoms with van der Waals surface area (Å²) in [6.45, 7) is 1.42. The zero-order valence-electron chi connectivity index (χ0n) is 12.1. The van der Waals surface area contributed by atoms with Crippen LogP contribution in [0.15, 0.2) is 18.2 Å². The first-order chi connectivity index (χ1) is 10.2. The second-order valence-electron chi connectivity index (χ2n) is 5.71. The lowest BCUT2D eigenvalue weighted by Gasteiger charge is -2.19. The summed E-state index contributed by atoms with van der Waals surface area (Å²) in [5.74, 6) is 0.999.